The van der Waals surface area contributed by atoms with Crippen LogP contribution in [-0.2, 0) is 0 Å². The summed E-state index contributed by atoms with van der Waals surface area (Å²) in [7, 11) is 0. The molecule has 0 amide bonds. The molecule has 0 fully saturated rings. The molecule has 3 N–H and O–H groups in total. The number of rotatable bonds is 3. The molecule has 0 aliphatic heterocycles. The maximum Gasteiger partial charge on any atom is 0.181 e. The normalized spacial score (nSPS) is 12.6. The van der Waals surface area contributed by atoms with Crippen molar-refractivity contribution in [2.75, 3.05) is 11.1 Å². The Balaban J connectivity index is 3.06. The topological polar surface area (TPSA) is 50.9 Å². The molecule has 0 radical (unpaired) electrons. The quantitative estimate of drug-likeness (QED) is 0.818. The number of hydrogen-bond donors (Lipinski definition) is 2. The summed E-state index contributed by atoms with van der Waals surface area (Å²) >= 11 is 9.16. The highest BCUT2D eigenvalue weighted by Crippen LogP contribution is 2.36. The molecule has 108 valence electrons. The number of nitrogens with one attached hydrogen (secondary N) is 1. The highest BCUT2D eigenvalue weighted by atomic mass is 79.9. The van der Waals surface area contributed by atoms with Gasteiger partial charge < -0.3 is 11.1 Å². The van der Waals surface area contributed by atoms with Crippen molar-refractivity contribution in [2.45, 2.75) is 46.6 Å². The molecule has 0 atom stereocenters. The zero-order valence-corrected chi connectivity index (χ0v) is 14.2. The van der Waals surface area contributed by atoms with Crippen molar-refractivity contribution in [1.82, 2.24) is 4.98 Å². The molecule has 0 spiro atoms. The van der Waals surface area contributed by atoms with Gasteiger partial charge in [0.15, 0.2) is 11.6 Å². The third kappa shape index (κ3) is 4.49. The van der Waals surface area contributed by atoms with Gasteiger partial charge in [0.1, 0.15) is 10.8 Å². The van der Waals surface area contributed by atoms with Crippen molar-refractivity contribution in [3.8, 4) is 0 Å². The van der Waals surface area contributed by atoms with Crippen LogP contribution in [0.25, 0.3) is 0 Å². The van der Waals surface area contributed by atoms with Gasteiger partial charge in [-0.05, 0) is 41.6 Å². The summed E-state index contributed by atoms with van der Waals surface area (Å²) in [6.45, 7) is 10.6. The van der Waals surface area contributed by atoms with Gasteiger partial charge in [0.25, 0.3) is 0 Å². The second-order valence-corrected chi connectivity index (χ2v) is 7.70. The molecule has 19 heavy (non-hydrogen) atoms. The summed E-state index contributed by atoms with van der Waals surface area (Å²) in [5.41, 5.74) is 5.43. The maximum atomic E-state index is 13.5. The van der Waals surface area contributed by atoms with Crippen molar-refractivity contribution < 1.29 is 4.39 Å². The Morgan fingerprint density at radius 2 is 1.84 bits per heavy atom. The van der Waals surface area contributed by atoms with Gasteiger partial charge in [0, 0.05) is 5.54 Å². The predicted molar refractivity (Wildman–Crippen MR) is 83.1 cm³/mol. The lowest BCUT2D eigenvalue weighted by Crippen LogP contribution is -2.36. The molecule has 0 aliphatic carbocycles. The molecule has 1 aromatic heterocycles. The lowest BCUT2D eigenvalue weighted by atomic mass is 9.82. The van der Waals surface area contributed by atoms with Gasteiger partial charge in [-0.25, -0.2) is 9.37 Å². The van der Waals surface area contributed by atoms with E-state index >= 15 is 0 Å². The van der Waals surface area contributed by atoms with Gasteiger partial charge in [-0.2, -0.15) is 0 Å². The first-order valence-corrected chi connectivity index (χ1v) is 7.18. The second kappa shape index (κ2) is 5.44. The zero-order chi connectivity index (χ0) is 15.0. The molecular weight excluding hydrogens is 333 g/mol. The van der Waals surface area contributed by atoms with Crippen molar-refractivity contribution in [3.63, 3.8) is 0 Å². The first kappa shape index (κ1) is 16.5. The van der Waals surface area contributed by atoms with E-state index in [2.05, 4.69) is 47.0 Å². The maximum absolute atomic E-state index is 13.5. The highest BCUT2D eigenvalue weighted by Gasteiger charge is 2.27. The Hall–Kier alpha value is -0.550. The number of pyridine rings is 1. The lowest BCUT2D eigenvalue weighted by molar-refractivity contribution is 0.302. The largest absolute Gasteiger partial charge is 0.381 e. The fourth-order valence-electron chi connectivity index (χ4n) is 2.30. The van der Waals surface area contributed by atoms with E-state index in [1.165, 1.54) is 0 Å². The molecule has 0 unspecified atom stereocenters. The summed E-state index contributed by atoms with van der Waals surface area (Å²) < 4.78 is 13.7. The molecule has 3 nitrogen and oxygen atoms in total. The minimum absolute atomic E-state index is 0.135. The van der Waals surface area contributed by atoms with E-state index in [9.17, 15) is 4.39 Å². The molecular formula is C13H20BrClFN3. The third-order valence-electron chi connectivity index (χ3n) is 2.48. The van der Waals surface area contributed by atoms with Gasteiger partial charge in [-0.1, -0.05) is 32.4 Å². The number of anilines is 2. The molecule has 0 aliphatic rings. The Kier molecular flexibility index (Phi) is 4.73. The Bertz CT molecular complexity index is 484. The second-order valence-electron chi connectivity index (χ2n) is 6.53. The van der Waals surface area contributed by atoms with E-state index in [0.717, 1.165) is 6.42 Å². The number of hydrogen-bond acceptors (Lipinski definition) is 3. The van der Waals surface area contributed by atoms with Crippen LogP contribution in [0.15, 0.2) is 4.47 Å². The standard InChI is InChI=1S/C13H20BrClFN3/c1-12(2,3)6-13(4,5)19-11-8(15)7(14)9(16)10(17)18-11/h6H2,1-5H3,(H3,17,18,19). The zero-order valence-electron chi connectivity index (χ0n) is 11.9. The fourth-order valence-corrected chi connectivity index (χ4v) is 2.87. The summed E-state index contributed by atoms with van der Waals surface area (Å²) in [6.07, 6.45) is 0.896. The number of nitrogen functional groups attached to an aromatic ring is 1. The third-order valence-corrected chi connectivity index (χ3v) is 3.82. The van der Waals surface area contributed by atoms with E-state index in [1.54, 1.807) is 0 Å². The first-order valence-electron chi connectivity index (χ1n) is 6.01. The molecule has 1 heterocycles. The fraction of sp³-hybridized carbons (Fsp3) is 0.615. The van der Waals surface area contributed by atoms with Crippen molar-refractivity contribution >= 4 is 39.2 Å². The Morgan fingerprint density at radius 3 is 2.32 bits per heavy atom. The van der Waals surface area contributed by atoms with Gasteiger partial charge in [-0.3, -0.25) is 0 Å². The smallest absolute Gasteiger partial charge is 0.181 e. The monoisotopic (exact) mass is 351 g/mol. The average Bonchev–Trinajstić information content (AvgIpc) is 2.19. The van der Waals surface area contributed by atoms with E-state index in [-0.39, 0.29) is 26.3 Å². The van der Waals surface area contributed by atoms with Crippen LogP contribution in [0.2, 0.25) is 5.02 Å². The molecule has 0 aromatic carbocycles. The Labute approximate surface area is 127 Å². The number of nitrogens with zero attached hydrogens (tertiary/aromatic N) is 1. The summed E-state index contributed by atoms with van der Waals surface area (Å²) in [4.78, 5) is 3.98. The van der Waals surface area contributed by atoms with Crippen LogP contribution in [0.4, 0.5) is 16.0 Å². The van der Waals surface area contributed by atoms with Gasteiger partial charge in [0.05, 0.1) is 4.47 Å². The van der Waals surface area contributed by atoms with Crippen LogP contribution in [-0.4, -0.2) is 10.5 Å². The van der Waals surface area contributed by atoms with Crippen LogP contribution in [0, 0.1) is 11.2 Å². The summed E-state index contributed by atoms with van der Waals surface area (Å²) in [5, 5.41) is 3.43. The SMILES string of the molecule is CC(C)(C)CC(C)(C)Nc1nc(N)c(F)c(Br)c1Cl. The van der Waals surface area contributed by atoms with Crippen LogP contribution in [0.1, 0.15) is 41.0 Å². The number of halogens is 3. The van der Waals surface area contributed by atoms with E-state index in [0.29, 0.717) is 5.82 Å². The molecule has 0 bridgehead atoms. The van der Waals surface area contributed by atoms with E-state index in [4.69, 9.17) is 17.3 Å². The van der Waals surface area contributed by atoms with Gasteiger partial charge in [0.2, 0.25) is 0 Å². The highest BCUT2D eigenvalue weighted by molar-refractivity contribution is 9.10. The summed E-state index contributed by atoms with van der Waals surface area (Å²) in [6, 6.07) is 0. The van der Waals surface area contributed by atoms with E-state index < -0.39 is 5.82 Å². The number of nitrogens with two attached hydrogens (primary N) is 1. The van der Waals surface area contributed by atoms with Gasteiger partial charge in [-0.15, -0.1) is 0 Å². The van der Waals surface area contributed by atoms with Crippen molar-refractivity contribution in [3.05, 3.63) is 15.3 Å². The predicted octanol–water partition coefficient (Wildman–Crippen LogP) is 4.85. The average molecular weight is 353 g/mol. The minimum Gasteiger partial charge on any atom is -0.381 e. The molecule has 6 heteroatoms. The van der Waals surface area contributed by atoms with Crippen molar-refractivity contribution in [2.24, 2.45) is 5.41 Å². The van der Waals surface area contributed by atoms with Crippen molar-refractivity contribution in [1.29, 1.82) is 0 Å². The molecule has 1 rings (SSSR count). The molecule has 0 saturated heterocycles. The number of aromatic nitrogens is 1. The van der Waals surface area contributed by atoms with Crippen LogP contribution in [0.5, 0.6) is 0 Å². The molecule has 1 aromatic rings. The van der Waals surface area contributed by atoms with Crippen LogP contribution < -0.4 is 11.1 Å². The summed E-state index contributed by atoms with van der Waals surface area (Å²) in [5.74, 6) is -0.420. The first-order chi connectivity index (χ1) is 8.43. The van der Waals surface area contributed by atoms with Gasteiger partial charge >= 0.3 is 0 Å². The van der Waals surface area contributed by atoms with Crippen LogP contribution >= 0.6 is 27.5 Å². The lowest BCUT2D eigenvalue weighted by Gasteiger charge is -2.34. The van der Waals surface area contributed by atoms with Crippen LogP contribution in [0.3, 0.4) is 0 Å². The molecule has 0 saturated carbocycles. The van der Waals surface area contributed by atoms with E-state index in [1.807, 2.05) is 13.8 Å². The minimum atomic E-state index is -0.635. The Morgan fingerprint density at radius 1 is 1.32 bits per heavy atom.